The highest BCUT2D eigenvalue weighted by Gasteiger charge is 2.09. The third-order valence-corrected chi connectivity index (χ3v) is 4.13. The molecule has 6 nitrogen and oxygen atoms in total. The zero-order valence-electron chi connectivity index (χ0n) is 15.0. The van der Waals surface area contributed by atoms with E-state index in [0.29, 0.717) is 10.8 Å². The molecule has 0 fully saturated rings. The average Bonchev–Trinajstić information content (AvgIpc) is 2.70. The Morgan fingerprint density at radius 1 is 1.00 bits per heavy atom. The van der Waals surface area contributed by atoms with Crippen molar-refractivity contribution >= 4 is 34.6 Å². The molecule has 0 saturated carbocycles. The molecule has 8 heteroatoms. The molecule has 0 aliphatic heterocycles. The van der Waals surface area contributed by atoms with Crippen LogP contribution in [0.5, 0.6) is 0 Å². The molecule has 0 aliphatic carbocycles. The lowest BCUT2D eigenvalue weighted by atomic mass is 10.1. The molecule has 1 heterocycles. The monoisotopic (exact) mass is 395 g/mol. The van der Waals surface area contributed by atoms with Gasteiger partial charge in [0.2, 0.25) is 0 Å². The van der Waals surface area contributed by atoms with Crippen LogP contribution >= 0.6 is 12.2 Å². The Labute approximate surface area is 167 Å². The first kappa shape index (κ1) is 19.4. The Hall–Kier alpha value is -3.39. The van der Waals surface area contributed by atoms with Crippen LogP contribution in [0.2, 0.25) is 0 Å². The number of rotatable bonds is 5. The van der Waals surface area contributed by atoms with Gasteiger partial charge in [-0.3, -0.25) is 9.78 Å². The van der Waals surface area contributed by atoms with Gasteiger partial charge in [0.15, 0.2) is 5.11 Å². The van der Waals surface area contributed by atoms with Crippen LogP contribution in [0.25, 0.3) is 0 Å². The summed E-state index contributed by atoms with van der Waals surface area (Å²) in [5.74, 6) is -0.609. The van der Waals surface area contributed by atoms with Crippen molar-refractivity contribution in [2.45, 2.75) is 13.0 Å². The number of thiocarbonyl (C=S) groups is 1. The predicted molar refractivity (Wildman–Crippen MR) is 111 cm³/mol. The van der Waals surface area contributed by atoms with Crippen LogP contribution in [0.15, 0.2) is 67.1 Å². The minimum atomic E-state index is -0.334. The maximum absolute atomic E-state index is 13.0. The Morgan fingerprint density at radius 2 is 1.64 bits per heavy atom. The summed E-state index contributed by atoms with van der Waals surface area (Å²) in [5.41, 5.74) is 2.55. The van der Waals surface area contributed by atoms with Gasteiger partial charge in [-0.25, -0.2) is 9.37 Å². The lowest BCUT2D eigenvalue weighted by Crippen LogP contribution is -2.30. The molecule has 3 N–H and O–H groups in total. The summed E-state index contributed by atoms with van der Waals surface area (Å²) >= 11 is 5.32. The van der Waals surface area contributed by atoms with Gasteiger partial charge in [0, 0.05) is 23.8 Å². The lowest BCUT2D eigenvalue weighted by molar-refractivity contribution is 0.102. The summed E-state index contributed by atoms with van der Waals surface area (Å²) < 4.78 is 13.0. The van der Waals surface area contributed by atoms with Crippen LogP contribution in [0, 0.1) is 5.82 Å². The van der Waals surface area contributed by atoms with E-state index in [-0.39, 0.29) is 23.5 Å². The van der Waals surface area contributed by atoms with Crippen LogP contribution in [0.1, 0.15) is 29.0 Å². The number of aromatic nitrogens is 2. The van der Waals surface area contributed by atoms with E-state index in [4.69, 9.17) is 12.2 Å². The third kappa shape index (κ3) is 5.31. The predicted octanol–water partition coefficient (Wildman–Crippen LogP) is 3.92. The number of nitrogens with one attached hydrogen (secondary N) is 3. The number of hydrogen-bond acceptors (Lipinski definition) is 4. The molecule has 1 atom stereocenters. The Bertz CT molecular complexity index is 949. The first-order valence-corrected chi connectivity index (χ1v) is 8.92. The van der Waals surface area contributed by atoms with Crippen LogP contribution in [0.4, 0.5) is 15.8 Å². The third-order valence-electron chi connectivity index (χ3n) is 3.91. The summed E-state index contributed by atoms with van der Waals surface area (Å²) in [6.45, 7) is 1.94. The summed E-state index contributed by atoms with van der Waals surface area (Å²) in [7, 11) is 0. The summed E-state index contributed by atoms with van der Waals surface area (Å²) in [4.78, 5) is 19.9. The van der Waals surface area contributed by atoms with Gasteiger partial charge in [0.05, 0.1) is 12.2 Å². The highest BCUT2D eigenvalue weighted by Crippen LogP contribution is 2.16. The van der Waals surface area contributed by atoms with Crippen molar-refractivity contribution in [2.24, 2.45) is 0 Å². The molecule has 1 amide bonds. The smallest absolute Gasteiger partial charge is 0.275 e. The minimum Gasteiger partial charge on any atom is -0.356 e. The Kier molecular flexibility index (Phi) is 6.23. The molecule has 0 aliphatic rings. The molecule has 0 saturated heterocycles. The SMILES string of the molecule is CC(NC(=S)Nc1ccc(NC(=O)c2cnccn2)cc1)c1ccc(F)cc1. The van der Waals surface area contributed by atoms with Crippen LogP contribution < -0.4 is 16.0 Å². The van der Waals surface area contributed by atoms with Gasteiger partial charge < -0.3 is 16.0 Å². The normalized spacial score (nSPS) is 11.4. The van der Waals surface area contributed by atoms with Crippen LogP contribution in [-0.2, 0) is 0 Å². The van der Waals surface area contributed by atoms with E-state index >= 15 is 0 Å². The molecule has 2 aromatic carbocycles. The number of amides is 1. The minimum absolute atomic E-state index is 0.0776. The van der Waals surface area contributed by atoms with E-state index in [2.05, 4.69) is 25.9 Å². The fourth-order valence-electron chi connectivity index (χ4n) is 2.45. The molecule has 1 aromatic heterocycles. The summed E-state index contributed by atoms with van der Waals surface area (Å²) in [5, 5.41) is 9.41. The van der Waals surface area contributed by atoms with Gasteiger partial charge in [-0.1, -0.05) is 12.1 Å². The molecule has 0 bridgehead atoms. The molecular weight excluding hydrogens is 377 g/mol. The quantitative estimate of drug-likeness (QED) is 0.569. The largest absolute Gasteiger partial charge is 0.356 e. The fourth-order valence-corrected chi connectivity index (χ4v) is 2.74. The number of carbonyl (C=O) groups excluding carboxylic acids is 1. The van der Waals surface area contributed by atoms with Crippen molar-refractivity contribution in [3.8, 4) is 0 Å². The summed E-state index contributed by atoms with van der Waals surface area (Å²) in [6.07, 6.45) is 4.37. The molecule has 142 valence electrons. The second-order valence-electron chi connectivity index (χ2n) is 5.99. The van der Waals surface area contributed by atoms with E-state index in [1.165, 1.54) is 30.7 Å². The zero-order chi connectivity index (χ0) is 19.9. The van der Waals surface area contributed by atoms with Gasteiger partial charge >= 0.3 is 0 Å². The molecule has 0 spiro atoms. The molecule has 3 aromatic rings. The van der Waals surface area contributed by atoms with Gasteiger partial charge in [-0.2, -0.15) is 0 Å². The van der Waals surface area contributed by atoms with Crippen molar-refractivity contribution in [1.29, 1.82) is 0 Å². The number of benzene rings is 2. The molecule has 0 radical (unpaired) electrons. The summed E-state index contributed by atoms with van der Waals surface area (Å²) in [6, 6.07) is 13.3. The number of halogens is 1. The topological polar surface area (TPSA) is 78.9 Å². The second-order valence-corrected chi connectivity index (χ2v) is 6.40. The Morgan fingerprint density at radius 3 is 2.25 bits per heavy atom. The van der Waals surface area contributed by atoms with Gasteiger partial charge in [-0.15, -0.1) is 0 Å². The van der Waals surface area contributed by atoms with Crippen molar-refractivity contribution < 1.29 is 9.18 Å². The number of hydrogen-bond donors (Lipinski definition) is 3. The maximum atomic E-state index is 13.0. The van der Waals surface area contributed by atoms with E-state index in [0.717, 1.165) is 11.3 Å². The first-order chi connectivity index (χ1) is 13.5. The molecular formula is C20H18FN5OS. The van der Waals surface area contributed by atoms with E-state index in [1.54, 1.807) is 36.4 Å². The lowest BCUT2D eigenvalue weighted by Gasteiger charge is -2.17. The van der Waals surface area contributed by atoms with Crippen molar-refractivity contribution in [3.63, 3.8) is 0 Å². The maximum Gasteiger partial charge on any atom is 0.275 e. The standard InChI is InChI=1S/C20H18FN5OS/c1-13(14-2-4-15(21)5-3-14)24-20(28)26-17-8-6-16(7-9-17)25-19(27)18-12-22-10-11-23-18/h2-13H,1H3,(H,25,27)(H2,24,26,28). The highest BCUT2D eigenvalue weighted by molar-refractivity contribution is 7.80. The molecule has 1 unspecified atom stereocenters. The van der Waals surface area contributed by atoms with Crippen LogP contribution in [0.3, 0.4) is 0 Å². The van der Waals surface area contributed by atoms with Gasteiger partial charge in [-0.05, 0) is 61.1 Å². The number of nitrogens with zero attached hydrogens (tertiary/aromatic N) is 2. The van der Waals surface area contributed by atoms with Crippen molar-refractivity contribution in [3.05, 3.63) is 84.2 Å². The first-order valence-electron chi connectivity index (χ1n) is 8.51. The molecule has 3 rings (SSSR count). The number of anilines is 2. The molecule has 28 heavy (non-hydrogen) atoms. The second kappa shape index (κ2) is 9.01. The van der Waals surface area contributed by atoms with E-state index in [1.807, 2.05) is 6.92 Å². The number of carbonyl (C=O) groups is 1. The van der Waals surface area contributed by atoms with Gasteiger partial charge in [0.1, 0.15) is 11.5 Å². The fraction of sp³-hybridized carbons (Fsp3) is 0.100. The Balaban J connectivity index is 1.54. The van der Waals surface area contributed by atoms with Gasteiger partial charge in [0.25, 0.3) is 5.91 Å². The van der Waals surface area contributed by atoms with E-state index < -0.39 is 0 Å². The average molecular weight is 395 g/mol. The van der Waals surface area contributed by atoms with E-state index in [9.17, 15) is 9.18 Å². The van der Waals surface area contributed by atoms with Crippen LogP contribution in [-0.4, -0.2) is 21.0 Å². The highest BCUT2D eigenvalue weighted by atomic mass is 32.1. The van der Waals surface area contributed by atoms with Crippen molar-refractivity contribution in [2.75, 3.05) is 10.6 Å². The van der Waals surface area contributed by atoms with Crippen molar-refractivity contribution in [1.82, 2.24) is 15.3 Å². The zero-order valence-corrected chi connectivity index (χ0v) is 15.8.